The highest BCUT2D eigenvalue weighted by Crippen LogP contribution is 2.22. The van der Waals surface area contributed by atoms with Crippen LogP contribution in [0.4, 0.5) is 17.5 Å². The molecule has 8 nitrogen and oxygen atoms in total. The number of carbonyl (C=O) groups is 1. The molecule has 3 aromatic rings. The maximum absolute atomic E-state index is 11.6. The van der Waals surface area contributed by atoms with Crippen LogP contribution in [-0.4, -0.2) is 60.1 Å². The van der Waals surface area contributed by atoms with Crippen LogP contribution in [0.1, 0.15) is 16.8 Å². The smallest absolute Gasteiger partial charge is 0.337 e. The summed E-state index contributed by atoms with van der Waals surface area (Å²) in [5.74, 6) is 0.794. The van der Waals surface area contributed by atoms with E-state index >= 15 is 0 Å². The summed E-state index contributed by atoms with van der Waals surface area (Å²) < 4.78 is 4.74. The predicted molar refractivity (Wildman–Crippen MR) is 118 cm³/mol. The number of nitrogens with zero attached hydrogens (tertiary/aromatic N) is 4. The molecule has 0 saturated heterocycles. The van der Waals surface area contributed by atoms with Gasteiger partial charge in [-0.15, -0.1) is 0 Å². The van der Waals surface area contributed by atoms with Gasteiger partial charge in [-0.1, -0.05) is 6.07 Å². The molecular formula is C22H26N6O2. The molecule has 8 heteroatoms. The second-order valence-corrected chi connectivity index (χ2v) is 6.95. The lowest BCUT2D eigenvalue weighted by Gasteiger charge is -2.13. The number of esters is 1. The predicted octanol–water partition coefficient (Wildman–Crippen LogP) is 3.43. The van der Waals surface area contributed by atoms with E-state index in [1.54, 1.807) is 30.5 Å². The van der Waals surface area contributed by atoms with Gasteiger partial charge in [-0.3, -0.25) is 4.98 Å². The minimum atomic E-state index is -0.370. The molecular weight excluding hydrogens is 380 g/mol. The van der Waals surface area contributed by atoms with E-state index in [-0.39, 0.29) is 5.97 Å². The second-order valence-electron chi connectivity index (χ2n) is 6.95. The molecule has 3 rings (SSSR count). The van der Waals surface area contributed by atoms with E-state index in [0.29, 0.717) is 17.3 Å². The number of nitrogens with one attached hydrogen (secondary N) is 2. The van der Waals surface area contributed by atoms with E-state index in [2.05, 4.69) is 30.5 Å². The van der Waals surface area contributed by atoms with Gasteiger partial charge >= 0.3 is 5.97 Å². The number of anilines is 3. The first-order valence-electron chi connectivity index (χ1n) is 9.69. The van der Waals surface area contributed by atoms with Gasteiger partial charge in [-0.05, 0) is 63.5 Å². The molecule has 0 radical (unpaired) electrons. The summed E-state index contributed by atoms with van der Waals surface area (Å²) >= 11 is 0. The SMILES string of the molecule is COC(=O)c1ccc(Nc2cc(-c3ccccn3)nc(NCCCN(C)C)n2)cc1. The molecule has 0 unspecified atom stereocenters. The quantitative estimate of drug-likeness (QED) is 0.412. The summed E-state index contributed by atoms with van der Waals surface area (Å²) in [6, 6.07) is 14.6. The zero-order chi connectivity index (χ0) is 21.3. The van der Waals surface area contributed by atoms with Gasteiger partial charge in [0.1, 0.15) is 5.82 Å². The van der Waals surface area contributed by atoms with Crippen LogP contribution in [0.5, 0.6) is 0 Å². The Labute approximate surface area is 176 Å². The van der Waals surface area contributed by atoms with E-state index < -0.39 is 0 Å². The number of hydrogen-bond donors (Lipinski definition) is 2. The first kappa shape index (κ1) is 21.2. The van der Waals surface area contributed by atoms with E-state index in [0.717, 1.165) is 36.6 Å². The number of aromatic nitrogens is 3. The summed E-state index contributed by atoms with van der Waals surface area (Å²) in [5, 5.41) is 6.56. The lowest BCUT2D eigenvalue weighted by molar-refractivity contribution is 0.0601. The number of ether oxygens (including phenoxy) is 1. The molecule has 30 heavy (non-hydrogen) atoms. The Morgan fingerprint density at radius 3 is 2.53 bits per heavy atom. The second kappa shape index (κ2) is 10.3. The standard InChI is InChI=1S/C22H26N6O2/c1-28(2)14-6-13-24-22-26-19(18-7-4-5-12-23-18)15-20(27-22)25-17-10-8-16(9-11-17)21(29)30-3/h4-5,7-12,15H,6,13-14H2,1-3H3,(H2,24,25,26,27). The molecule has 0 spiro atoms. The van der Waals surface area contributed by atoms with Crippen molar-refractivity contribution in [1.29, 1.82) is 0 Å². The largest absolute Gasteiger partial charge is 0.465 e. The topological polar surface area (TPSA) is 92.3 Å². The fourth-order valence-electron chi connectivity index (χ4n) is 2.79. The van der Waals surface area contributed by atoms with Crippen LogP contribution in [0.2, 0.25) is 0 Å². The third-order valence-corrected chi connectivity index (χ3v) is 4.30. The fourth-order valence-corrected chi connectivity index (χ4v) is 2.79. The molecule has 0 aliphatic rings. The average Bonchev–Trinajstić information content (AvgIpc) is 2.77. The van der Waals surface area contributed by atoms with Gasteiger partial charge < -0.3 is 20.3 Å². The third kappa shape index (κ3) is 5.99. The zero-order valence-electron chi connectivity index (χ0n) is 17.4. The van der Waals surface area contributed by atoms with Crippen molar-refractivity contribution in [2.24, 2.45) is 0 Å². The summed E-state index contributed by atoms with van der Waals surface area (Å²) in [6.07, 6.45) is 2.71. The van der Waals surface area contributed by atoms with E-state index in [1.807, 2.05) is 38.4 Å². The molecule has 2 heterocycles. The molecule has 0 aliphatic carbocycles. The van der Waals surface area contributed by atoms with Crippen LogP contribution >= 0.6 is 0 Å². The monoisotopic (exact) mass is 406 g/mol. The van der Waals surface area contributed by atoms with Crippen LogP contribution in [-0.2, 0) is 4.74 Å². The van der Waals surface area contributed by atoms with Gasteiger partial charge in [0.15, 0.2) is 0 Å². The lowest BCUT2D eigenvalue weighted by Crippen LogP contribution is -2.17. The molecule has 0 fully saturated rings. The van der Waals surface area contributed by atoms with Crippen LogP contribution in [0.25, 0.3) is 11.4 Å². The van der Waals surface area contributed by atoms with Crippen molar-refractivity contribution < 1.29 is 9.53 Å². The Bertz CT molecular complexity index is 961. The van der Waals surface area contributed by atoms with Crippen molar-refractivity contribution >= 4 is 23.4 Å². The van der Waals surface area contributed by atoms with Crippen LogP contribution in [0.3, 0.4) is 0 Å². The first-order chi connectivity index (χ1) is 14.5. The van der Waals surface area contributed by atoms with Crippen molar-refractivity contribution in [3.63, 3.8) is 0 Å². The number of methoxy groups -OCH3 is 1. The first-order valence-corrected chi connectivity index (χ1v) is 9.69. The highest BCUT2D eigenvalue weighted by atomic mass is 16.5. The van der Waals surface area contributed by atoms with E-state index in [4.69, 9.17) is 4.74 Å². The molecule has 0 saturated carbocycles. The molecule has 156 valence electrons. The zero-order valence-corrected chi connectivity index (χ0v) is 17.4. The number of pyridine rings is 1. The molecule has 0 atom stereocenters. The highest BCUT2D eigenvalue weighted by Gasteiger charge is 2.09. The molecule has 0 aliphatic heterocycles. The molecule has 2 N–H and O–H groups in total. The fraction of sp³-hybridized carbons (Fsp3) is 0.273. The Morgan fingerprint density at radius 2 is 1.87 bits per heavy atom. The summed E-state index contributed by atoms with van der Waals surface area (Å²) in [4.78, 5) is 27.3. The number of benzene rings is 1. The van der Waals surface area contributed by atoms with Crippen molar-refractivity contribution in [2.45, 2.75) is 6.42 Å². The van der Waals surface area contributed by atoms with E-state index in [9.17, 15) is 4.79 Å². The van der Waals surface area contributed by atoms with Gasteiger partial charge in [-0.2, -0.15) is 4.98 Å². The van der Waals surface area contributed by atoms with Crippen molar-refractivity contribution in [3.8, 4) is 11.4 Å². The Hall–Kier alpha value is -3.52. The maximum atomic E-state index is 11.6. The van der Waals surface area contributed by atoms with Crippen molar-refractivity contribution in [2.75, 3.05) is 44.9 Å². The van der Waals surface area contributed by atoms with Gasteiger partial charge in [0, 0.05) is 24.5 Å². The van der Waals surface area contributed by atoms with Gasteiger partial charge in [0.05, 0.1) is 24.1 Å². The van der Waals surface area contributed by atoms with Gasteiger partial charge in [-0.25, -0.2) is 9.78 Å². The minimum Gasteiger partial charge on any atom is -0.465 e. The Morgan fingerprint density at radius 1 is 1.07 bits per heavy atom. The number of carbonyl (C=O) groups excluding carboxylic acids is 1. The molecule has 0 amide bonds. The minimum absolute atomic E-state index is 0.370. The normalized spacial score (nSPS) is 10.7. The van der Waals surface area contributed by atoms with Gasteiger partial charge in [0.25, 0.3) is 0 Å². The molecule has 0 bridgehead atoms. The van der Waals surface area contributed by atoms with Crippen molar-refractivity contribution in [3.05, 3.63) is 60.3 Å². The summed E-state index contributed by atoms with van der Waals surface area (Å²) in [6.45, 7) is 1.74. The molecule has 1 aromatic carbocycles. The van der Waals surface area contributed by atoms with Crippen LogP contribution < -0.4 is 10.6 Å². The van der Waals surface area contributed by atoms with Crippen molar-refractivity contribution in [1.82, 2.24) is 19.9 Å². The van der Waals surface area contributed by atoms with E-state index in [1.165, 1.54) is 7.11 Å². The Kier molecular flexibility index (Phi) is 7.29. The number of rotatable bonds is 9. The molecule has 2 aromatic heterocycles. The summed E-state index contributed by atoms with van der Waals surface area (Å²) in [5.41, 5.74) is 2.77. The number of hydrogen-bond acceptors (Lipinski definition) is 8. The highest BCUT2D eigenvalue weighted by molar-refractivity contribution is 5.89. The lowest BCUT2D eigenvalue weighted by atomic mass is 10.2. The van der Waals surface area contributed by atoms with Gasteiger partial charge in [0.2, 0.25) is 5.95 Å². The maximum Gasteiger partial charge on any atom is 0.337 e. The average molecular weight is 406 g/mol. The van der Waals surface area contributed by atoms with Crippen LogP contribution in [0, 0.1) is 0 Å². The third-order valence-electron chi connectivity index (χ3n) is 4.30. The summed E-state index contributed by atoms with van der Waals surface area (Å²) in [7, 11) is 5.46. The Balaban J connectivity index is 1.81. The van der Waals surface area contributed by atoms with Crippen LogP contribution in [0.15, 0.2) is 54.7 Å².